The largest absolute Gasteiger partial charge is 0.399 e. The van der Waals surface area contributed by atoms with Crippen molar-refractivity contribution in [1.29, 1.82) is 0 Å². The molecular weight excluding hydrogens is 248 g/mol. The van der Waals surface area contributed by atoms with E-state index in [-0.39, 0.29) is 0 Å². The Labute approximate surface area is 120 Å². The lowest BCUT2D eigenvalue weighted by molar-refractivity contribution is 0.239. The summed E-state index contributed by atoms with van der Waals surface area (Å²) in [7, 11) is 2.02. The Morgan fingerprint density at radius 3 is 2.70 bits per heavy atom. The summed E-state index contributed by atoms with van der Waals surface area (Å²) in [4.78, 5) is 2.53. The summed E-state index contributed by atoms with van der Waals surface area (Å²) in [6.07, 6.45) is 2.61. The second-order valence-corrected chi connectivity index (χ2v) is 5.78. The molecule has 1 aromatic heterocycles. The van der Waals surface area contributed by atoms with Gasteiger partial charge < -0.3 is 5.73 Å². The molecule has 0 radical (unpaired) electrons. The molecule has 106 valence electrons. The van der Waals surface area contributed by atoms with Gasteiger partial charge in [0.05, 0.1) is 11.4 Å². The number of hydrogen-bond acceptors (Lipinski definition) is 3. The Morgan fingerprint density at radius 1 is 1.30 bits per heavy atom. The van der Waals surface area contributed by atoms with Gasteiger partial charge in [-0.25, -0.2) is 0 Å². The third-order valence-electron chi connectivity index (χ3n) is 3.86. The third kappa shape index (κ3) is 3.02. The predicted molar refractivity (Wildman–Crippen MR) is 81.1 cm³/mol. The van der Waals surface area contributed by atoms with E-state index in [0.29, 0.717) is 6.04 Å². The fourth-order valence-corrected chi connectivity index (χ4v) is 2.70. The zero-order chi connectivity index (χ0) is 14.1. The molecule has 0 spiro atoms. The first-order chi connectivity index (χ1) is 9.61. The molecule has 2 aromatic rings. The van der Waals surface area contributed by atoms with Crippen molar-refractivity contribution in [3.05, 3.63) is 47.3 Å². The van der Waals surface area contributed by atoms with Crippen LogP contribution in [0.1, 0.15) is 29.8 Å². The van der Waals surface area contributed by atoms with E-state index in [0.717, 1.165) is 24.5 Å². The summed E-state index contributed by atoms with van der Waals surface area (Å²) in [5, 5.41) is 4.44. The normalized spacial score (nSPS) is 14.9. The Bertz CT molecular complexity index is 598. The van der Waals surface area contributed by atoms with Gasteiger partial charge in [-0.15, -0.1) is 0 Å². The van der Waals surface area contributed by atoms with Gasteiger partial charge in [0, 0.05) is 31.9 Å². The van der Waals surface area contributed by atoms with Crippen molar-refractivity contribution in [2.45, 2.75) is 38.9 Å². The molecule has 1 saturated carbocycles. The van der Waals surface area contributed by atoms with Gasteiger partial charge in [-0.1, -0.05) is 12.1 Å². The number of aromatic nitrogens is 2. The van der Waals surface area contributed by atoms with E-state index in [9.17, 15) is 0 Å². The molecule has 1 aliphatic rings. The standard InChI is InChI=1S/C16H22N4/c1-12-8-16(19(2)18-12)11-20(15-6-7-15)10-13-4-3-5-14(17)9-13/h3-5,8-9,15H,6-7,10-11,17H2,1-2H3. The number of benzene rings is 1. The number of nitrogens with zero attached hydrogens (tertiary/aromatic N) is 3. The zero-order valence-corrected chi connectivity index (χ0v) is 12.2. The summed E-state index contributed by atoms with van der Waals surface area (Å²) in [5.74, 6) is 0. The molecule has 2 N–H and O–H groups in total. The highest BCUT2D eigenvalue weighted by Crippen LogP contribution is 2.30. The zero-order valence-electron chi connectivity index (χ0n) is 12.2. The number of anilines is 1. The maximum Gasteiger partial charge on any atom is 0.0597 e. The van der Waals surface area contributed by atoms with Crippen molar-refractivity contribution < 1.29 is 0 Å². The van der Waals surface area contributed by atoms with Gasteiger partial charge in [0.1, 0.15) is 0 Å². The van der Waals surface area contributed by atoms with Crippen LogP contribution in [0.4, 0.5) is 5.69 Å². The minimum Gasteiger partial charge on any atom is -0.399 e. The quantitative estimate of drug-likeness (QED) is 0.849. The van der Waals surface area contributed by atoms with Gasteiger partial charge in [0.25, 0.3) is 0 Å². The van der Waals surface area contributed by atoms with Crippen molar-refractivity contribution in [3.63, 3.8) is 0 Å². The minimum atomic E-state index is 0.714. The van der Waals surface area contributed by atoms with Crippen LogP contribution in [0.3, 0.4) is 0 Å². The lowest BCUT2D eigenvalue weighted by Gasteiger charge is -2.22. The van der Waals surface area contributed by atoms with Crippen LogP contribution in [0.15, 0.2) is 30.3 Å². The fourth-order valence-electron chi connectivity index (χ4n) is 2.70. The molecular formula is C16H22N4. The Kier molecular flexibility index (Phi) is 3.49. The van der Waals surface area contributed by atoms with Gasteiger partial charge in [0.15, 0.2) is 0 Å². The van der Waals surface area contributed by atoms with E-state index in [1.54, 1.807) is 0 Å². The maximum atomic E-state index is 5.87. The number of hydrogen-bond donors (Lipinski definition) is 1. The van der Waals surface area contributed by atoms with Crippen molar-refractivity contribution in [1.82, 2.24) is 14.7 Å². The van der Waals surface area contributed by atoms with Gasteiger partial charge in [-0.2, -0.15) is 5.10 Å². The van der Waals surface area contributed by atoms with E-state index in [1.165, 1.54) is 24.1 Å². The second-order valence-electron chi connectivity index (χ2n) is 5.78. The molecule has 1 aromatic carbocycles. The van der Waals surface area contributed by atoms with Crippen LogP contribution in [0.25, 0.3) is 0 Å². The van der Waals surface area contributed by atoms with Crippen molar-refractivity contribution >= 4 is 5.69 Å². The molecule has 0 bridgehead atoms. The summed E-state index contributed by atoms with van der Waals surface area (Å²) in [5.41, 5.74) is 10.4. The molecule has 3 rings (SSSR count). The van der Waals surface area contributed by atoms with Gasteiger partial charge in [-0.3, -0.25) is 9.58 Å². The maximum absolute atomic E-state index is 5.87. The second kappa shape index (κ2) is 5.29. The van der Waals surface area contributed by atoms with Crippen LogP contribution in [0.5, 0.6) is 0 Å². The molecule has 0 atom stereocenters. The van der Waals surface area contributed by atoms with Crippen molar-refractivity contribution in [3.8, 4) is 0 Å². The van der Waals surface area contributed by atoms with E-state index in [2.05, 4.69) is 28.2 Å². The fraction of sp³-hybridized carbons (Fsp3) is 0.438. The van der Waals surface area contributed by atoms with Crippen LogP contribution in [-0.4, -0.2) is 20.7 Å². The SMILES string of the molecule is Cc1cc(CN(Cc2cccc(N)c2)C2CC2)n(C)n1. The average molecular weight is 270 g/mol. The Hall–Kier alpha value is -1.81. The molecule has 20 heavy (non-hydrogen) atoms. The van der Waals surface area contributed by atoms with Crippen molar-refractivity contribution in [2.75, 3.05) is 5.73 Å². The highest BCUT2D eigenvalue weighted by atomic mass is 15.3. The summed E-state index contributed by atoms with van der Waals surface area (Å²) < 4.78 is 1.99. The monoisotopic (exact) mass is 270 g/mol. The molecule has 4 heteroatoms. The molecule has 0 aliphatic heterocycles. The smallest absolute Gasteiger partial charge is 0.0597 e. The van der Waals surface area contributed by atoms with Crippen LogP contribution in [-0.2, 0) is 20.1 Å². The van der Waals surface area contributed by atoms with E-state index >= 15 is 0 Å². The molecule has 0 unspecified atom stereocenters. The summed E-state index contributed by atoms with van der Waals surface area (Å²) in [6.45, 7) is 3.96. The first-order valence-electron chi connectivity index (χ1n) is 7.20. The number of nitrogen functional groups attached to an aromatic ring is 1. The average Bonchev–Trinajstić information content (AvgIpc) is 3.16. The van der Waals surface area contributed by atoms with Crippen LogP contribution < -0.4 is 5.73 Å². The predicted octanol–water partition coefficient (Wildman–Crippen LogP) is 2.48. The molecule has 4 nitrogen and oxygen atoms in total. The van der Waals surface area contributed by atoms with Gasteiger partial charge in [0.2, 0.25) is 0 Å². The molecule has 1 fully saturated rings. The van der Waals surface area contributed by atoms with Gasteiger partial charge >= 0.3 is 0 Å². The number of rotatable bonds is 5. The summed E-state index contributed by atoms with van der Waals surface area (Å²) >= 11 is 0. The number of aryl methyl sites for hydroxylation is 2. The highest BCUT2D eigenvalue weighted by Gasteiger charge is 2.29. The molecule has 1 aliphatic carbocycles. The molecule has 1 heterocycles. The number of nitrogens with two attached hydrogens (primary N) is 1. The lowest BCUT2D eigenvalue weighted by Crippen LogP contribution is -2.26. The topological polar surface area (TPSA) is 47.1 Å². The Morgan fingerprint density at radius 2 is 2.10 bits per heavy atom. The van der Waals surface area contributed by atoms with E-state index < -0.39 is 0 Å². The Balaban J connectivity index is 1.74. The lowest BCUT2D eigenvalue weighted by atomic mass is 10.2. The molecule has 0 amide bonds. The minimum absolute atomic E-state index is 0.714. The summed E-state index contributed by atoms with van der Waals surface area (Å²) in [6, 6.07) is 11.1. The first kappa shape index (κ1) is 13.2. The van der Waals surface area contributed by atoms with E-state index in [1.807, 2.05) is 30.8 Å². The van der Waals surface area contributed by atoms with Crippen LogP contribution in [0.2, 0.25) is 0 Å². The first-order valence-corrected chi connectivity index (χ1v) is 7.20. The molecule has 0 saturated heterocycles. The van der Waals surface area contributed by atoms with E-state index in [4.69, 9.17) is 5.73 Å². The highest BCUT2D eigenvalue weighted by molar-refractivity contribution is 5.40. The van der Waals surface area contributed by atoms with Crippen LogP contribution >= 0.6 is 0 Å². The van der Waals surface area contributed by atoms with Crippen molar-refractivity contribution in [2.24, 2.45) is 7.05 Å². The van der Waals surface area contributed by atoms with Crippen LogP contribution in [0, 0.1) is 6.92 Å². The third-order valence-corrected chi connectivity index (χ3v) is 3.86. The van der Waals surface area contributed by atoms with Gasteiger partial charge in [-0.05, 0) is 43.5 Å².